The molecule has 1 rings (SSSR count). The maximum atomic E-state index is 11.3. The topological polar surface area (TPSA) is 46.5 Å². The zero-order valence-corrected chi connectivity index (χ0v) is 10.6. The third-order valence-corrected chi connectivity index (χ3v) is 2.60. The van der Waals surface area contributed by atoms with Gasteiger partial charge in [0.05, 0.1) is 5.92 Å². The Morgan fingerprint density at radius 2 is 2.12 bits per heavy atom. The van der Waals surface area contributed by atoms with E-state index in [0.29, 0.717) is 0 Å². The Morgan fingerprint density at radius 1 is 1.41 bits per heavy atom. The molecule has 0 aliphatic heterocycles. The number of hydrogen-bond acceptors (Lipinski definition) is 3. The van der Waals surface area contributed by atoms with Crippen molar-refractivity contribution in [3.8, 4) is 0 Å². The second-order valence-corrected chi connectivity index (χ2v) is 4.40. The van der Waals surface area contributed by atoms with E-state index in [1.54, 1.807) is 13.8 Å². The number of aryl methyl sites for hydroxylation is 1. The summed E-state index contributed by atoms with van der Waals surface area (Å²) in [5.41, 5.74) is 1.96. The Kier molecular flexibility index (Phi) is 5.16. The van der Waals surface area contributed by atoms with E-state index in [2.05, 4.69) is 6.92 Å². The first-order chi connectivity index (χ1) is 8.04. The van der Waals surface area contributed by atoms with Crippen LogP contribution in [0.5, 0.6) is 0 Å². The fourth-order valence-electron chi connectivity index (χ4n) is 1.44. The molecule has 0 saturated carbocycles. The number of rotatable bonds is 5. The molecule has 1 aromatic rings. The van der Waals surface area contributed by atoms with Gasteiger partial charge >= 0.3 is 5.97 Å². The summed E-state index contributed by atoms with van der Waals surface area (Å²) in [6.45, 7) is 5.62. The van der Waals surface area contributed by atoms with Gasteiger partial charge in [-0.1, -0.05) is 45.0 Å². The van der Waals surface area contributed by atoms with Gasteiger partial charge in [0.15, 0.2) is 0 Å². The van der Waals surface area contributed by atoms with Crippen molar-refractivity contribution < 1.29 is 14.6 Å². The molecule has 0 amide bonds. The predicted octanol–water partition coefficient (Wildman–Crippen LogP) is 2.48. The van der Waals surface area contributed by atoms with Gasteiger partial charge in [0.1, 0.15) is 12.7 Å². The van der Waals surface area contributed by atoms with Crippen LogP contribution < -0.4 is 0 Å². The minimum Gasteiger partial charge on any atom is -0.462 e. The van der Waals surface area contributed by atoms with Crippen molar-refractivity contribution in [3.63, 3.8) is 0 Å². The number of carbonyl (C=O) groups is 1. The van der Waals surface area contributed by atoms with Gasteiger partial charge in [-0.15, -0.1) is 0 Å². The van der Waals surface area contributed by atoms with E-state index in [9.17, 15) is 9.90 Å². The molecule has 1 atom stereocenters. The molecule has 0 spiro atoms. The lowest BCUT2D eigenvalue weighted by atomic mass is 10.1. The lowest BCUT2D eigenvalue weighted by Gasteiger charge is -2.13. The first kappa shape index (κ1) is 13.7. The molecule has 3 nitrogen and oxygen atoms in total. The van der Waals surface area contributed by atoms with Crippen LogP contribution in [-0.4, -0.2) is 17.7 Å². The summed E-state index contributed by atoms with van der Waals surface area (Å²) in [4.78, 5) is 11.3. The van der Waals surface area contributed by atoms with Crippen molar-refractivity contribution in [1.82, 2.24) is 0 Å². The average molecular weight is 236 g/mol. The largest absolute Gasteiger partial charge is 0.462 e. The minimum absolute atomic E-state index is 0.0180. The number of hydrogen-bond donors (Lipinski definition) is 1. The van der Waals surface area contributed by atoms with Crippen LogP contribution in [-0.2, 0) is 16.0 Å². The van der Waals surface area contributed by atoms with Crippen molar-refractivity contribution >= 4 is 5.97 Å². The third-order valence-electron chi connectivity index (χ3n) is 2.60. The molecular weight excluding hydrogens is 216 g/mol. The highest BCUT2D eigenvalue weighted by atomic mass is 16.5. The van der Waals surface area contributed by atoms with Gasteiger partial charge < -0.3 is 9.84 Å². The van der Waals surface area contributed by atoms with Crippen molar-refractivity contribution in [3.05, 3.63) is 35.4 Å². The van der Waals surface area contributed by atoms with Gasteiger partial charge in [-0.05, 0) is 17.5 Å². The Hall–Kier alpha value is -1.35. The lowest BCUT2D eigenvalue weighted by Crippen LogP contribution is -2.16. The molecule has 0 saturated heterocycles. The Labute approximate surface area is 102 Å². The molecule has 0 fully saturated rings. The summed E-state index contributed by atoms with van der Waals surface area (Å²) in [5, 5.41) is 9.89. The summed E-state index contributed by atoms with van der Waals surface area (Å²) in [5.74, 6) is -0.445. The van der Waals surface area contributed by atoms with E-state index >= 15 is 0 Å². The molecule has 3 heteroatoms. The monoisotopic (exact) mass is 236 g/mol. The quantitative estimate of drug-likeness (QED) is 0.799. The molecule has 94 valence electrons. The van der Waals surface area contributed by atoms with Gasteiger partial charge in [-0.25, -0.2) is 0 Å². The van der Waals surface area contributed by atoms with Crippen LogP contribution in [0.25, 0.3) is 0 Å². The number of aliphatic hydroxyl groups is 1. The van der Waals surface area contributed by atoms with Crippen LogP contribution in [0.15, 0.2) is 24.3 Å². The highest BCUT2D eigenvalue weighted by Crippen LogP contribution is 2.15. The van der Waals surface area contributed by atoms with E-state index in [1.807, 2.05) is 24.3 Å². The number of ether oxygens (including phenoxy) is 1. The van der Waals surface area contributed by atoms with Gasteiger partial charge in [0, 0.05) is 0 Å². The molecule has 0 radical (unpaired) electrons. The maximum absolute atomic E-state index is 11.3. The summed E-state index contributed by atoms with van der Waals surface area (Å²) < 4.78 is 5.00. The van der Waals surface area contributed by atoms with E-state index in [0.717, 1.165) is 17.5 Å². The van der Waals surface area contributed by atoms with Gasteiger partial charge in [-0.2, -0.15) is 0 Å². The second kappa shape index (κ2) is 6.40. The van der Waals surface area contributed by atoms with Crippen molar-refractivity contribution in [2.24, 2.45) is 5.92 Å². The first-order valence-electron chi connectivity index (χ1n) is 5.98. The van der Waals surface area contributed by atoms with Crippen molar-refractivity contribution in [2.45, 2.75) is 33.3 Å². The van der Waals surface area contributed by atoms with Crippen LogP contribution in [0.4, 0.5) is 0 Å². The molecule has 1 N–H and O–H groups in total. The molecule has 0 bridgehead atoms. The van der Waals surface area contributed by atoms with Gasteiger partial charge in [0.25, 0.3) is 0 Å². The lowest BCUT2D eigenvalue weighted by molar-refractivity contribution is -0.150. The Balaban J connectivity index is 2.57. The fraction of sp³-hybridized carbons (Fsp3) is 0.500. The summed E-state index contributed by atoms with van der Waals surface area (Å²) in [6, 6.07) is 7.69. The zero-order valence-electron chi connectivity index (χ0n) is 10.6. The van der Waals surface area contributed by atoms with Crippen LogP contribution in [0, 0.1) is 5.92 Å². The number of esters is 1. The highest BCUT2D eigenvalue weighted by Gasteiger charge is 2.13. The highest BCUT2D eigenvalue weighted by molar-refractivity contribution is 5.71. The predicted molar refractivity (Wildman–Crippen MR) is 66.6 cm³/mol. The molecule has 1 unspecified atom stereocenters. The standard InChI is InChI=1S/C14H20O3/c1-4-11-6-5-7-12(8-11)13(15)9-17-14(16)10(2)3/h5-8,10,13,15H,4,9H2,1-3H3. The van der Waals surface area contributed by atoms with Gasteiger partial charge in [0.2, 0.25) is 0 Å². The Bertz CT molecular complexity index is 371. The van der Waals surface area contributed by atoms with Crippen LogP contribution in [0.3, 0.4) is 0 Å². The molecule has 0 aliphatic rings. The third kappa shape index (κ3) is 4.19. The molecule has 1 aromatic carbocycles. The SMILES string of the molecule is CCc1cccc(C(O)COC(=O)C(C)C)c1. The van der Waals surface area contributed by atoms with Crippen LogP contribution in [0.1, 0.15) is 38.0 Å². The Morgan fingerprint density at radius 3 is 2.71 bits per heavy atom. The maximum Gasteiger partial charge on any atom is 0.308 e. The van der Waals surface area contributed by atoms with E-state index < -0.39 is 6.10 Å². The van der Waals surface area contributed by atoms with Crippen molar-refractivity contribution in [1.29, 1.82) is 0 Å². The van der Waals surface area contributed by atoms with Gasteiger partial charge in [-0.3, -0.25) is 4.79 Å². The minimum atomic E-state index is -0.746. The number of aliphatic hydroxyl groups excluding tert-OH is 1. The normalized spacial score (nSPS) is 12.5. The fourth-order valence-corrected chi connectivity index (χ4v) is 1.44. The van der Waals surface area contributed by atoms with Crippen molar-refractivity contribution in [2.75, 3.05) is 6.61 Å². The van der Waals surface area contributed by atoms with Crippen LogP contribution in [0.2, 0.25) is 0 Å². The molecule has 0 aromatic heterocycles. The molecular formula is C14H20O3. The molecule has 0 aliphatic carbocycles. The van der Waals surface area contributed by atoms with E-state index in [4.69, 9.17) is 4.74 Å². The van der Waals surface area contributed by atoms with E-state index in [-0.39, 0.29) is 18.5 Å². The summed E-state index contributed by atoms with van der Waals surface area (Å²) in [7, 11) is 0. The van der Waals surface area contributed by atoms with Crippen LogP contribution >= 0.6 is 0 Å². The second-order valence-electron chi connectivity index (χ2n) is 4.40. The first-order valence-corrected chi connectivity index (χ1v) is 5.98. The average Bonchev–Trinajstić information content (AvgIpc) is 2.35. The summed E-state index contributed by atoms with van der Waals surface area (Å²) in [6.07, 6.45) is 0.177. The number of carbonyl (C=O) groups excluding carboxylic acids is 1. The smallest absolute Gasteiger partial charge is 0.308 e. The molecule has 0 heterocycles. The number of benzene rings is 1. The molecule has 17 heavy (non-hydrogen) atoms. The summed E-state index contributed by atoms with van der Waals surface area (Å²) >= 11 is 0. The zero-order chi connectivity index (χ0) is 12.8. The van der Waals surface area contributed by atoms with E-state index in [1.165, 1.54) is 0 Å².